The molecule has 11 heteroatoms. The van der Waals surface area contributed by atoms with E-state index in [9.17, 15) is 28.3 Å². The summed E-state index contributed by atoms with van der Waals surface area (Å²) in [5.74, 6) is -2.77. The Morgan fingerprint density at radius 1 is 1.35 bits per heavy atom. The molecule has 2 aliphatic rings. The number of amides is 2. The van der Waals surface area contributed by atoms with E-state index in [4.69, 9.17) is 0 Å². The van der Waals surface area contributed by atoms with Crippen LogP contribution in [0.15, 0.2) is 41.2 Å². The van der Waals surface area contributed by atoms with E-state index in [0.29, 0.717) is 12.4 Å². The van der Waals surface area contributed by atoms with Crippen LogP contribution in [0.2, 0.25) is 0 Å². The van der Waals surface area contributed by atoms with Crippen molar-refractivity contribution in [3.05, 3.63) is 58.4 Å². The molecule has 0 saturated carbocycles. The molecular weight excluding hydrogens is 465 g/mol. The van der Waals surface area contributed by atoms with Crippen molar-refractivity contribution < 1.29 is 28.3 Å². The number of piperazine rings is 1. The van der Waals surface area contributed by atoms with Gasteiger partial charge in [-0.25, -0.2) is 8.78 Å². The van der Waals surface area contributed by atoms with E-state index in [2.05, 4.69) is 19.5 Å². The average molecular weight is 494 g/mol. The van der Waals surface area contributed by atoms with Crippen LogP contribution in [-0.2, 0) is 20.9 Å². The molecule has 2 fully saturated rings. The highest BCUT2D eigenvalue weighted by molar-refractivity contribution is 7.22. The highest BCUT2D eigenvalue weighted by Gasteiger charge is 2.45. The molecule has 2 N–H and O–H groups in total. The third-order valence-electron chi connectivity index (χ3n) is 6.11. The number of halogens is 2. The molecule has 34 heavy (non-hydrogen) atoms. The first-order valence-corrected chi connectivity index (χ1v) is 11.6. The van der Waals surface area contributed by atoms with E-state index >= 15 is 0 Å². The van der Waals surface area contributed by atoms with E-state index in [0.717, 1.165) is 19.0 Å². The lowest BCUT2D eigenvalue weighted by molar-refractivity contribution is -0.151. The molecule has 0 aromatic heterocycles. The topological polar surface area (TPSA) is 93.2 Å². The molecule has 0 aliphatic carbocycles. The van der Waals surface area contributed by atoms with Gasteiger partial charge in [0.25, 0.3) is 11.8 Å². The van der Waals surface area contributed by atoms with Crippen LogP contribution in [0.3, 0.4) is 0 Å². The molecule has 3 atom stereocenters. The predicted octanol–water partition coefficient (Wildman–Crippen LogP) is 2.24. The Bertz CT molecular complexity index is 1040. The highest BCUT2D eigenvalue weighted by atomic mass is 31.0. The molecule has 1 aromatic rings. The zero-order valence-electron chi connectivity index (χ0n) is 19.3. The van der Waals surface area contributed by atoms with Crippen LogP contribution in [0.5, 0.6) is 0 Å². The summed E-state index contributed by atoms with van der Waals surface area (Å²) < 4.78 is 27.0. The smallest absolute Gasteiger partial charge is 0.275 e. The third-order valence-corrected chi connectivity index (χ3v) is 6.39. The summed E-state index contributed by atoms with van der Waals surface area (Å²) in [6, 6.07) is 3.07. The fourth-order valence-electron chi connectivity index (χ4n) is 4.35. The molecule has 3 unspecified atom stereocenters. The molecular formula is C23H29F2N4O4P. The lowest BCUT2D eigenvalue weighted by atomic mass is 10.0. The number of fused-ring (bicyclic) bond motifs is 1. The molecule has 2 amide bonds. The number of nitrogens with one attached hydrogen (secondary N) is 1. The number of carbonyl (C=O) groups excluding carboxylic acids is 3. The van der Waals surface area contributed by atoms with Gasteiger partial charge in [0.1, 0.15) is 29.0 Å². The van der Waals surface area contributed by atoms with Crippen LogP contribution in [-0.4, -0.2) is 69.2 Å². The second kappa shape index (κ2) is 10.6. The predicted molar refractivity (Wildman–Crippen MR) is 125 cm³/mol. The Morgan fingerprint density at radius 3 is 2.65 bits per heavy atom. The van der Waals surface area contributed by atoms with Gasteiger partial charge in [-0.3, -0.25) is 19.3 Å². The Balaban J connectivity index is 1.87. The first-order valence-electron chi connectivity index (χ1n) is 11.0. The Hall–Kier alpha value is -2.84. The molecule has 2 heterocycles. The normalized spacial score (nSPS) is 23.1. The maximum atomic E-state index is 13.9. The Kier molecular flexibility index (Phi) is 8.05. The molecule has 184 valence electrons. The summed E-state index contributed by atoms with van der Waals surface area (Å²) >= 11 is 0. The summed E-state index contributed by atoms with van der Waals surface area (Å²) in [6.45, 7) is 6.75. The van der Waals surface area contributed by atoms with Gasteiger partial charge in [0.05, 0.1) is 12.1 Å². The summed E-state index contributed by atoms with van der Waals surface area (Å²) in [6.07, 6.45) is 2.01. The zero-order chi connectivity index (χ0) is 25.2. The maximum Gasteiger partial charge on any atom is 0.275 e. The van der Waals surface area contributed by atoms with Gasteiger partial charge in [-0.1, -0.05) is 15.3 Å². The number of aliphatic hydroxyl groups is 1. The summed E-state index contributed by atoms with van der Waals surface area (Å²) in [5.41, 5.74) is -0.619. The van der Waals surface area contributed by atoms with Crippen LogP contribution < -0.4 is 5.32 Å². The minimum absolute atomic E-state index is 0.0441. The fraction of sp³-hybridized carbons (Fsp3) is 0.435. The highest BCUT2D eigenvalue weighted by Crippen LogP contribution is 2.32. The van der Waals surface area contributed by atoms with Crippen LogP contribution in [0.1, 0.15) is 32.8 Å². The van der Waals surface area contributed by atoms with Gasteiger partial charge in [-0.15, -0.1) is 0 Å². The van der Waals surface area contributed by atoms with E-state index in [1.165, 1.54) is 17.2 Å². The van der Waals surface area contributed by atoms with Crippen molar-refractivity contribution >= 4 is 27.3 Å². The van der Waals surface area contributed by atoms with Crippen molar-refractivity contribution in [1.29, 1.82) is 0 Å². The van der Waals surface area contributed by atoms with Gasteiger partial charge in [0.2, 0.25) is 0 Å². The largest absolute Gasteiger partial charge is 0.506 e. The average Bonchev–Trinajstić information content (AvgIpc) is 2.76. The molecule has 0 spiro atoms. The SMILES string of the molecule is CC(C)N1CCC(C)N2C(=O)/C(=C(\O)P)N(/C=C(\C=O)C(=O)NCc3ccc(F)cc3F)CC12. The van der Waals surface area contributed by atoms with Crippen molar-refractivity contribution in [2.75, 3.05) is 13.1 Å². The van der Waals surface area contributed by atoms with Crippen molar-refractivity contribution in [1.82, 2.24) is 20.0 Å². The van der Waals surface area contributed by atoms with Crippen LogP contribution in [0.25, 0.3) is 0 Å². The molecule has 2 aliphatic heterocycles. The lowest BCUT2D eigenvalue weighted by Gasteiger charge is -2.53. The quantitative estimate of drug-likeness (QED) is 0.157. The van der Waals surface area contributed by atoms with Crippen molar-refractivity contribution in [3.63, 3.8) is 0 Å². The number of aliphatic hydroxyl groups excluding tert-OH is 1. The van der Waals surface area contributed by atoms with Gasteiger partial charge < -0.3 is 20.2 Å². The van der Waals surface area contributed by atoms with Crippen LogP contribution >= 0.6 is 9.24 Å². The third kappa shape index (κ3) is 5.28. The maximum absolute atomic E-state index is 13.9. The first-order chi connectivity index (χ1) is 16.0. The number of carbonyl (C=O) groups is 3. The number of aldehydes is 1. The van der Waals surface area contributed by atoms with Gasteiger partial charge >= 0.3 is 0 Å². The lowest BCUT2D eigenvalue weighted by Crippen LogP contribution is -2.67. The molecule has 2 saturated heterocycles. The summed E-state index contributed by atoms with van der Waals surface area (Å²) in [4.78, 5) is 43.0. The van der Waals surface area contributed by atoms with Crippen molar-refractivity contribution in [3.8, 4) is 0 Å². The summed E-state index contributed by atoms with van der Waals surface area (Å²) in [7, 11) is 2.08. The van der Waals surface area contributed by atoms with E-state index in [1.807, 2.05) is 20.8 Å². The second-order valence-electron chi connectivity index (χ2n) is 8.67. The van der Waals surface area contributed by atoms with Gasteiger partial charge in [0.15, 0.2) is 6.29 Å². The molecule has 8 nitrogen and oxygen atoms in total. The van der Waals surface area contributed by atoms with Crippen LogP contribution in [0, 0.1) is 11.6 Å². The molecule has 3 rings (SSSR count). The molecule has 0 bridgehead atoms. The zero-order valence-corrected chi connectivity index (χ0v) is 20.4. The number of rotatable bonds is 6. The fourth-order valence-corrected chi connectivity index (χ4v) is 4.64. The first kappa shape index (κ1) is 25.8. The van der Waals surface area contributed by atoms with Crippen molar-refractivity contribution in [2.24, 2.45) is 0 Å². The number of hydrogen-bond acceptors (Lipinski definition) is 6. The second-order valence-corrected chi connectivity index (χ2v) is 9.22. The van der Waals surface area contributed by atoms with Gasteiger partial charge in [0, 0.05) is 43.0 Å². The van der Waals surface area contributed by atoms with Gasteiger partial charge in [-0.05, 0) is 33.3 Å². The standard InChI is InChI=1S/C23H29F2N4O4P/c1-13(2)28-7-6-14(3)29-19(28)11-27(20(22(29)32)23(33)34)10-16(12-30)21(31)26-9-15-4-5-17(24)8-18(15)25/h4-5,8,10,12-14,19,33H,6-7,9,11,34H2,1-3H3,(H,26,31)/b16-10+,23-20-. The van der Waals surface area contributed by atoms with E-state index in [1.54, 1.807) is 4.90 Å². The van der Waals surface area contributed by atoms with Crippen LogP contribution in [0.4, 0.5) is 8.78 Å². The number of benzene rings is 1. The minimum Gasteiger partial charge on any atom is -0.506 e. The number of hydrogen-bond donors (Lipinski definition) is 2. The minimum atomic E-state index is -0.822. The van der Waals surface area contributed by atoms with Crippen molar-refractivity contribution in [2.45, 2.75) is 52.0 Å². The van der Waals surface area contributed by atoms with Gasteiger partial charge in [-0.2, -0.15) is 0 Å². The Labute approximate surface area is 199 Å². The number of nitrogens with zero attached hydrogens (tertiary/aromatic N) is 3. The Morgan fingerprint density at radius 2 is 2.06 bits per heavy atom. The van der Waals surface area contributed by atoms with E-state index < -0.39 is 23.4 Å². The monoisotopic (exact) mass is 494 g/mol. The molecule has 1 aromatic carbocycles. The summed E-state index contributed by atoms with van der Waals surface area (Å²) in [5, 5.41) is 12.7. The molecule has 0 radical (unpaired) electrons. The van der Waals surface area contributed by atoms with E-state index in [-0.39, 0.29) is 53.7 Å².